The van der Waals surface area contributed by atoms with Gasteiger partial charge in [0.15, 0.2) is 0 Å². The Balaban J connectivity index is 1.80. The highest BCUT2D eigenvalue weighted by Gasteiger charge is 2.39. The number of sulfonamides is 1. The van der Waals surface area contributed by atoms with Gasteiger partial charge in [-0.15, -0.1) is 0 Å². The summed E-state index contributed by atoms with van der Waals surface area (Å²) in [4.78, 5) is 32.1. The normalized spacial score (nSPS) is 15.3. The monoisotopic (exact) mass is 411 g/mol. The summed E-state index contributed by atoms with van der Waals surface area (Å²) in [5.74, 6) is -0.567. The van der Waals surface area contributed by atoms with Crippen molar-refractivity contribution in [1.29, 1.82) is 10.5 Å². The Morgan fingerprint density at radius 2 is 1.97 bits per heavy atom. The van der Waals surface area contributed by atoms with E-state index < -0.39 is 34.5 Å². The fourth-order valence-electron chi connectivity index (χ4n) is 2.66. The maximum absolute atomic E-state index is 12.8. The van der Waals surface area contributed by atoms with Crippen LogP contribution in [0.25, 0.3) is 0 Å². The van der Waals surface area contributed by atoms with Crippen molar-refractivity contribution in [3.63, 3.8) is 0 Å². The SMILES string of the molecule is C[C@@H](NC(=O)CN1C(=O)Nc2cccc(C#N)c2S1(=O)=O)c1ncc(C#N)cn1. The van der Waals surface area contributed by atoms with Gasteiger partial charge in [-0.3, -0.25) is 4.79 Å². The number of carbonyl (C=O) groups is 2. The Hall–Kier alpha value is -4.03. The lowest BCUT2D eigenvalue weighted by Gasteiger charge is -2.29. The van der Waals surface area contributed by atoms with Crippen LogP contribution < -0.4 is 10.6 Å². The van der Waals surface area contributed by atoms with Gasteiger partial charge in [-0.2, -0.15) is 10.5 Å². The number of amides is 3. The maximum Gasteiger partial charge on any atom is 0.336 e. The minimum Gasteiger partial charge on any atom is -0.345 e. The molecule has 1 atom stereocenters. The van der Waals surface area contributed by atoms with E-state index in [9.17, 15) is 23.3 Å². The zero-order chi connectivity index (χ0) is 21.2. The highest BCUT2D eigenvalue weighted by Crippen LogP contribution is 2.32. The van der Waals surface area contributed by atoms with Crippen LogP contribution in [0.15, 0.2) is 35.5 Å². The number of benzene rings is 1. The maximum atomic E-state index is 12.8. The Morgan fingerprint density at radius 1 is 1.28 bits per heavy atom. The number of fused-ring (bicyclic) bond motifs is 1. The molecule has 1 aliphatic heterocycles. The first-order valence-electron chi connectivity index (χ1n) is 8.16. The molecule has 11 nitrogen and oxygen atoms in total. The summed E-state index contributed by atoms with van der Waals surface area (Å²) in [5, 5.41) is 22.8. The summed E-state index contributed by atoms with van der Waals surface area (Å²) in [7, 11) is -4.41. The molecule has 1 aromatic carbocycles. The first-order valence-corrected chi connectivity index (χ1v) is 9.60. The summed E-state index contributed by atoms with van der Waals surface area (Å²) in [6.07, 6.45) is 2.57. The molecule has 29 heavy (non-hydrogen) atoms. The Morgan fingerprint density at radius 3 is 2.59 bits per heavy atom. The summed E-state index contributed by atoms with van der Waals surface area (Å²) in [6.45, 7) is 0.765. The van der Waals surface area contributed by atoms with Crippen LogP contribution >= 0.6 is 0 Å². The van der Waals surface area contributed by atoms with Gasteiger partial charge in [0.25, 0.3) is 10.0 Å². The van der Waals surface area contributed by atoms with Gasteiger partial charge in [0.1, 0.15) is 29.4 Å². The number of nitrogens with zero attached hydrogens (tertiary/aromatic N) is 5. The van der Waals surface area contributed by atoms with Crippen LogP contribution in [-0.2, 0) is 14.8 Å². The minimum absolute atomic E-state index is 0.0231. The van der Waals surface area contributed by atoms with Crippen LogP contribution in [0.4, 0.5) is 10.5 Å². The standard InChI is InChI=1S/C17H13N7O4S/c1-10(16-20-7-11(5-18)8-21-16)22-14(25)9-24-17(26)23-13-4-2-3-12(6-19)15(13)29(24,27)28/h2-4,7-8,10H,9H2,1H3,(H,22,25)(H,23,26)/t10-/m1/s1. The highest BCUT2D eigenvalue weighted by atomic mass is 32.2. The molecule has 0 radical (unpaired) electrons. The van der Waals surface area contributed by atoms with Gasteiger partial charge in [-0.05, 0) is 19.1 Å². The lowest BCUT2D eigenvalue weighted by Crippen LogP contribution is -2.49. The molecule has 2 N–H and O–H groups in total. The second-order valence-corrected chi connectivity index (χ2v) is 7.77. The molecule has 3 amide bonds. The zero-order valence-electron chi connectivity index (χ0n) is 14.9. The fraction of sp³-hybridized carbons (Fsp3) is 0.176. The molecule has 0 fully saturated rings. The molecular formula is C17H13N7O4S. The van der Waals surface area contributed by atoms with Crippen molar-refractivity contribution in [3.05, 3.63) is 47.5 Å². The van der Waals surface area contributed by atoms with Gasteiger partial charge in [0, 0.05) is 12.4 Å². The van der Waals surface area contributed by atoms with Gasteiger partial charge in [-0.25, -0.2) is 27.5 Å². The van der Waals surface area contributed by atoms with Crippen molar-refractivity contribution < 1.29 is 18.0 Å². The molecule has 0 saturated carbocycles. The third kappa shape index (κ3) is 3.69. The summed E-state index contributed by atoms with van der Waals surface area (Å²) in [6, 6.07) is 6.02. The van der Waals surface area contributed by atoms with Crippen LogP contribution in [0.5, 0.6) is 0 Å². The summed E-state index contributed by atoms with van der Waals surface area (Å²) < 4.78 is 26.0. The lowest BCUT2D eigenvalue weighted by atomic mass is 10.2. The molecule has 12 heteroatoms. The topological polar surface area (TPSA) is 169 Å². The molecule has 2 aromatic rings. The van der Waals surface area contributed by atoms with E-state index in [1.54, 1.807) is 13.0 Å². The minimum atomic E-state index is -4.41. The predicted molar refractivity (Wildman–Crippen MR) is 97.4 cm³/mol. The van der Waals surface area contributed by atoms with E-state index in [1.165, 1.54) is 30.6 Å². The first-order chi connectivity index (χ1) is 13.8. The molecule has 0 bridgehead atoms. The molecule has 0 spiro atoms. The van der Waals surface area contributed by atoms with Crippen LogP contribution in [0.1, 0.15) is 29.9 Å². The van der Waals surface area contributed by atoms with Crippen LogP contribution in [-0.4, -0.2) is 41.2 Å². The third-order valence-corrected chi connectivity index (χ3v) is 5.84. The average molecular weight is 411 g/mol. The van der Waals surface area contributed by atoms with Crippen LogP contribution in [0.3, 0.4) is 0 Å². The van der Waals surface area contributed by atoms with E-state index in [0.717, 1.165) is 0 Å². The number of hydrogen-bond donors (Lipinski definition) is 2. The van der Waals surface area contributed by atoms with Crippen molar-refractivity contribution in [2.24, 2.45) is 0 Å². The summed E-state index contributed by atoms with van der Waals surface area (Å²) >= 11 is 0. The number of nitriles is 2. The van der Waals surface area contributed by atoms with Crippen LogP contribution in [0.2, 0.25) is 0 Å². The van der Waals surface area contributed by atoms with Crippen molar-refractivity contribution in [2.75, 3.05) is 11.9 Å². The van der Waals surface area contributed by atoms with Crippen molar-refractivity contribution in [2.45, 2.75) is 17.9 Å². The van der Waals surface area contributed by atoms with Crippen molar-refractivity contribution in [1.82, 2.24) is 19.6 Å². The Labute approximate surface area is 165 Å². The van der Waals surface area contributed by atoms with E-state index in [2.05, 4.69) is 20.6 Å². The zero-order valence-corrected chi connectivity index (χ0v) is 15.8. The quantitative estimate of drug-likeness (QED) is 0.738. The predicted octanol–water partition coefficient (Wildman–Crippen LogP) is 0.634. The number of carbonyl (C=O) groups excluding carboxylic acids is 2. The highest BCUT2D eigenvalue weighted by molar-refractivity contribution is 7.90. The Bertz CT molecular complexity index is 1180. The molecule has 1 aliphatic rings. The number of urea groups is 1. The van der Waals surface area contributed by atoms with Gasteiger partial charge in [0.2, 0.25) is 5.91 Å². The molecule has 146 valence electrons. The fourth-order valence-corrected chi connectivity index (χ4v) is 4.22. The molecule has 0 saturated heterocycles. The lowest BCUT2D eigenvalue weighted by molar-refractivity contribution is -0.121. The van der Waals surface area contributed by atoms with E-state index in [0.29, 0.717) is 4.31 Å². The van der Waals surface area contributed by atoms with E-state index in [4.69, 9.17) is 5.26 Å². The molecule has 1 aromatic heterocycles. The Kier molecular flexibility index (Phi) is 5.12. The van der Waals surface area contributed by atoms with Crippen molar-refractivity contribution in [3.8, 4) is 12.1 Å². The van der Waals surface area contributed by atoms with Gasteiger partial charge in [-0.1, -0.05) is 6.07 Å². The second kappa shape index (κ2) is 7.53. The molecular weight excluding hydrogens is 398 g/mol. The van der Waals surface area contributed by atoms with Crippen LogP contribution in [0, 0.1) is 22.7 Å². The number of nitrogens with one attached hydrogen (secondary N) is 2. The second-order valence-electron chi connectivity index (χ2n) is 5.97. The largest absolute Gasteiger partial charge is 0.345 e. The average Bonchev–Trinajstić information content (AvgIpc) is 2.70. The molecule has 0 aliphatic carbocycles. The van der Waals surface area contributed by atoms with E-state index in [-0.39, 0.29) is 27.5 Å². The number of rotatable bonds is 4. The van der Waals surface area contributed by atoms with Crippen molar-refractivity contribution >= 4 is 27.6 Å². The molecule has 3 rings (SSSR count). The number of anilines is 1. The molecule has 2 heterocycles. The number of aromatic nitrogens is 2. The summed E-state index contributed by atoms with van der Waals surface area (Å²) in [5.41, 5.74) is 0.0765. The number of hydrogen-bond acceptors (Lipinski definition) is 8. The first kappa shape index (κ1) is 19.7. The van der Waals surface area contributed by atoms with E-state index in [1.807, 2.05) is 6.07 Å². The third-order valence-electron chi connectivity index (χ3n) is 4.00. The van der Waals surface area contributed by atoms with Gasteiger partial charge in [0.05, 0.1) is 22.9 Å². The van der Waals surface area contributed by atoms with E-state index >= 15 is 0 Å². The van der Waals surface area contributed by atoms with Gasteiger partial charge >= 0.3 is 6.03 Å². The molecule has 0 unspecified atom stereocenters. The van der Waals surface area contributed by atoms with Gasteiger partial charge < -0.3 is 10.6 Å². The smallest absolute Gasteiger partial charge is 0.336 e.